The van der Waals surface area contributed by atoms with E-state index in [2.05, 4.69) is 43.5 Å². The number of hydrogen-bond acceptors (Lipinski definition) is 8. The summed E-state index contributed by atoms with van der Waals surface area (Å²) in [5.74, 6) is 1.15. The number of rotatable bonds is 7. The van der Waals surface area contributed by atoms with Gasteiger partial charge in [-0.25, -0.2) is 19.8 Å². The van der Waals surface area contributed by atoms with Crippen molar-refractivity contribution in [2.75, 3.05) is 31.1 Å². The van der Waals surface area contributed by atoms with Crippen LogP contribution in [0.1, 0.15) is 45.6 Å². The number of anilines is 1. The standard InChI is InChI=1S/C30H35N7O3/c1-4-30(27(38)40-6-3)10-13-37(14-11-30)28-33-18-21(19-34-28)20-15-22(24-9-7-8-12-32-24)23-17-26(35-25(23)16-20)36-29(39)31-5-2/h7-9,12,15-16,18-19H,4-6,10-11,13-14,17H2,1-3H3,(H2,31,35,36,39). The quantitative estimate of drug-likeness (QED) is 0.417. The van der Waals surface area contributed by atoms with Gasteiger partial charge in [0.15, 0.2) is 0 Å². The number of carbonyl (C=O) groups excluding carboxylic acids is 2. The number of hydrogen-bond donors (Lipinski definition) is 2. The van der Waals surface area contributed by atoms with E-state index in [0.29, 0.717) is 44.4 Å². The Labute approximate surface area is 234 Å². The Morgan fingerprint density at radius 3 is 2.45 bits per heavy atom. The molecule has 4 heterocycles. The van der Waals surface area contributed by atoms with Crippen molar-refractivity contribution in [2.24, 2.45) is 10.4 Å². The van der Waals surface area contributed by atoms with Crippen LogP contribution in [0.5, 0.6) is 0 Å². The predicted octanol–water partition coefficient (Wildman–Crippen LogP) is 4.67. The first-order valence-corrected chi connectivity index (χ1v) is 13.9. The van der Waals surface area contributed by atoms with E-state index in [4.69, 9.17) is 9.73 Å². The number of ether oxygens (including phenoxy) is 1. The molecule has 0 unspecified atom stereocenters. The van der Waals surface area contributed by atoms with Crippen molar-refractivity contribution in [3.05, 3.63) is 54.5 Å². The average Bonchev–Trinajstić information content (AvgIpc) is 3.39. The summed E-state index contributed by atoms with van der Waals surface area (Å²) in [6.45, 7) is 8.11. The molecule has 2 aromatic heterocycles. The van der Waals surface area contributed by atoms with E-state index < -0.39 is 5.41 Å². The third kappa shape index (κ3) is 5.52. The van der Waals surface area contributed by atoms with E-state index in [1.165, 1.54) is 0 Å². The Bertz CT molecular complexity index is 1400. The molecule has 3 aromatic rings. The monoisotopic (exact) mass is 541 g/mol. The SMILES string of the molecule is CCNC(=O)NC1=Nc2cc(-c3cnc(N4CCC(CC)(C(=O)OCC)CC4)nc3)cc(-c3ccccn3)c2C1. The fraction of sp³-hybridized carbons (Fsp3) is 0.400. The van der Waals surface area contributed by atoms with Crippen LogP contribution in [0.4, 0.5) is 16.4 Å². The summed E-state index contributed by atoms with van der Waals surface area (Å²) in [7, 11) is 0. The zero-order valence-corrected chi connectivity index (χ0v) is 23.2. The number of pyridine rings is 1. The lowest BCUT2D eigenvalue weighted by molar-refractivity contribution is -0.157. The molecule has 10 nitrogen and oxygen atoms in total. The molecule has 1 aromatic carbocycles. The van der Waals surface area contributed by atoms with Gasteiger partial charge in [0, 0.05) is 55.8 Å². The molecule has 0 atom stereocenters. The Hall–Kier alpha value is -4.34. The van der Waals surface area contributed by atoms with E-state index in [1.807, 2.05) is 50.5 Å². The molecule has 0 bridgehead atoms. The highest BCUT2D eigenvalue weighted by molar-refractivity contribution is 6.04. The molecule has 2 N–H and O–H groups in total. The number of aromatic nitrogens is 3. The van der Waals surface area contributed by atoms with E-state index in [9.17, 15) is 9.59 Å². The van der Waals surface area contributed by atoms with Gasteiger partial charge >= 0.3 is 12.0 Å². The normalized spacial score (nSPS) is 15.7. The lowest BCUT2D eigenvalue weighted by atomic mass is 9.76. The van der Waals surface area contributed by atoms with Gasteiger partial charge < -0.3 is 15.0 Å². The second kappa shape index (κ2) is 11.8. The summed E-state index contributed by atoms with van der Waals surface area (Å²) in [6, 6.07) is 9.63. The van der Waals surface area contributed by atoms with Crippen LogP contribution < -0.4 is 15.5 Å². The van der Waals surface area contributed by atoms with Crippen LogP contribution in [0.15, 0.2) is 53.9 Å². The Balaban J connectivity index is 1.39. The van der Waals surface area contributed by atoms with Crippen LogP contribution >= 0.6 is 0 Å². The maximum Gasteiger partial charge on any atom is 0.320 e. The van der Waals surface area contributed by atoms with Crippen LogP contribution in [0.25, 0.3) is 22.4 Å². The van der Waals surface area contributed by atoms with E-state index in [0.717, 1.165) is 52.9 Å². The number of fused-ring (bicyclic) bond motifs is 1. The Kier molecular flexibility index (Phi) is 8.04. The minimum absolute atomic E-state index is 0.0965. The van der Waals surface area contributed by atoms with Crippen molar-refractivity contribution in [2.45, 2.75) is 46.5 Å². The van der Waals surface area contributed by atoms with Gasteiger partial charge in [-0.05, 0) is 68.5 Å². The Morgan fingerprint density at radius 1 is 1.02 bits per heavy atom. The third-order valence-corrected chi connectivity index (χ3v) is 7.72. The van der Waals surface area contributed by atoms with Crippen LogP contribution in [-0.2, 0) is 16.0 Å². The van der Waals surface area contributed by atoms with Gasteiger partial charge in [0.1, 0.15) is 5.84 Å². The summed E-state index contributed by atoms with van der Waals surface area (Å²) in [5.41, 5.74) is 4.95. The van der Waals surface area contributed by atoms with Crippen molar-refractivity contribution in [1.82, 2.24) is 25.6 Å². The molecule has 2 aliphatic heterocycles. The number of piperidine rings is 1. The summed E-state index contributed by atoms with van der Waals surface area (Å²) in [4.78, 5) is 45.5. The summed E-state index contributed by atoms with van der Waals surface area (Å²) >= 11 is 0. The van der Waals surface area contributed by atoms with Crippen molar-refractivity contribution >= 4 is 29.5 Å². The minimum Gasteiger partial charge on any atom is -0.466 e. The highest BCUT2D eigenvalue weighted by Gasteiger charge is 2.41. The zero-order chi connectivity index (χ0) is 28.1. The number of nitrogens with zero attached hydrogens (tertiary/aromatic N) is 5. The molecule has 208 valence electrons. The van der Waals surface area contributed by atoms with E-state index >= 15 is 0 Å². The van der Waals surface area contributed by atoms with Gasteiger partial charge in [0.25, 0.3) is 0 Å². The molecular formula is C30H35N7O3. The van der Waals surface area contributed by atoms with Crippen LogP contribution in [0.2, 0.25) is 0 Å². The summed E-state index contributed by atoms with van der Waals surface area (Å²) < 4.78 is 5.36. The number of benzene rings is 1. The molecule has 2 amide bonds. The number of nitrogens with one attached hydrogen (secondary N) is 2. The zero-order valence-electron chi connectivity index (χ0n) is 23.2. The predicted molar refractivity (Wildman–Crippen MR) is 155 cm³/mol. The maximum atomic E-state index is 12.6. The van der Waals surface area contributed by atoms with Gasteiger partial charge in [-0.2, -0.15) is 0 Å². The number of amides is 2. The van der Waals surface area contributed by atoms with Gasteiger partial charge in [0.05, 0.1) is 23.4 Å². The summed E-state index contributed by atoms with van der Waals surface area (Å²) in [5, 5.41) is 5.60. The molecule has 0 spiro atoms. The van der Waals surface area contributed by atoms with Crippen molar-refractivity contribution in [1.29, 1.82) is 0 Å². The third-order valence-electron chi connectivity index (χ3n) is 7.72. The number of aliphatic imine (C=N–C) groups is 1. The van der Waals surface area contributed by atoms with Crippen molar-refractivity contribution < 1.29 is 14.3 Å². The van der Waals surface area contributed by atoms with E-state index in [-0.39, 0.29) is 12.0 Å². The number of carbonyl (C=O) groups is 2. The molecule has 0 radical (unpaired) electrons. The molecule has 40 heavy (non-hydrogen) atoms. The number of esters is 1. The molecule has 1 saturated heterocycles. The van der Waals surface area contributed by atoms with Gasteiger partial charge in [-0.3, -0.25) is 15.1 Å². The lowest BCUT2D eigenvalue weighted by Gasteiger charge is -2.39. The van der Waals surface area contributed by atoms with Gasteiger partial charge in [-0.1, -0.05) is 13.0 Å². The van der Waals surface area contributed by atoms with Crippen molar-refractivity contribution in [3.8, 4) is 22.4 Å². The first-order chi connectivity index (χ1) is 19.5. The van der Waals surface area contributed by atoms with Gasteiger partial charge in [-0.15, -0.1) is 0 Å². The molecule has 0 aliphatic carbocycles. The van der Waals surface area contributed by atoms with E-state index in [1.54, 1.807) is 6.20 Å². The molecular weight excluding hydrogens is 506 g/mol. The highest BCUT2D eigenvalue weighted by atomic mass is 16.5. The molecule has 1 fully saturated rings. The smallest absolute Gasteiger partial charge is 0.320 e. The number of amidine groups is 1. The van der Waals surface area contributed by atoms with Gasteiger partial charge in [0.2, 0.25) is 5.95 Å². The topological polar surface area (TPSA) is 122 Å². The minimum atomic E-state index is -0.426. The maximum absolute atomic E-state index is 12.6. The fourth-order valence-corrected chi connectivity index (χ4v) is 5.37. The van der Waals surface area contributed by atoms with Crippen LogP contribution in [0, 0.1) is 5.41 Å². The van der Waals surface area contributed by atoms with Crippen molar-refractivity contribution in [3.63, 3.8) is 0 Å². The molecule has 2 aliphatic rings. The van der Waals surface area contributed by atoms with Crippen LogP contribution in [-0.4, -0.2) is 59.0 Å². The second-order valence-corrected chi connectivity index (χ2v) is 10.1. The number of urea groups is 1. The fourth-order valence-electron chi connectivity index (χ4n) is 5.37. The molecule has 5 rings (SSSR count). The molecule has 0 saturated carbocycles. The summed E-state index contributed by atoms with van der Waals surface area (Å²) in [6.07, 6.45) is 8.13. The highest BCUT2D eigenvalue weighted by Crippen LogP contribution is 2.40. The first kappa shape index (κ1) is 27.2. The lowest BCUT2D eigenvalue weighted by Crippen LogP contribution is -2.45. The largest absolute Gasteiger partial charge is 0.466 e. The Morgan fingerprint density at radius 2 is 1.80 bits per heavy atom. The molecule has 10 heteroatoms. The van der Waals surface area contributed by atoms with Crippen LogP contribution in [0.3, 0.4) is 0 Å². The average molecular weight is 542 g/mol. The first-order valence-electron chi connectivity index (χ1n) is 13.9. The second-order valence-electron chi connectivity index (χ2n) is 10.1.